The molecule has 46 valence electrons. The summed E-state index contributed by atoms with van der Waals surface area (Å²) >= 11 is 0. The smallest absolute Gasteiger partial charge is 0.0915 e. The van der Waals surface area contributed by atoms with Gasteiger partial charge in [0.2, 0.25) is 0 Å². The van der Waals surface area contributed by atoms with Gasteiger partial charge in [0.25, 0.3) is 0 Å². The van der Waals surface area contributed by atoms with Crippen molar-refractivity contribution in [3.05, 3.63) is 11.6 Å². The highest BCUT2D eigenvalue weighted by atomic mass is 16.6. The Kier molecular flexibility index (Phi) is 2.02. The topological polar surface area (TPSA) is 41.5 Å². The molecular formula is C5H9NO2. The second-order valence-corrected chi connectivity index (χ2v) is 1.66. The summed E-state index contributed by atoms with van der Waals surface area (Å²) in [6, 6.07) is 0. The van der Waals surface area contributed by atoms with E-state index in [1.807, 2.05) is 6.08 Å². The molecular weight excluding hydrogens is 106 g/mol. The van der Waals surface area contributed by atoms with Gasteiger partial charge < -0.3 is 5.11 Å². The van der Waals surface area contributed by atoms with Gasteiger partial charge in [-0.1, -0.05) is 6.08 Å². The van der Waals surface area contributed by atoms with Gasteiger partial charge in [0.05, 0.1) is 13.2 Å². The highest BCUT2D eigenvalue weighted by Crippen LogP contribution is 1.95. The Hall–Kier alpha value is -0.380. The molecule has 0 aromatic heterocycles. The third kappa shape index (κ3) is 1.30. The van der Waals surface area contributed by atoms with E-state index in [2.05, 4.69) is 5.48 Å². The first-order chi connectivity index (χ1) is 3.93. The number of aliphatic hydroxyl groups is 1. The average molecular weight is 115 g/mol. The minimum Gasteiger partial charge on any atom is -0.392 e. The molecule has 2 N–H and O–H groups in total. The van der Waals surface area contributed by atoms with Crippen molar-refractivity contribution in [1.82, 2.24) is 5.48 Å². The molecule has 0 aliphatic carbocycles. The van der Waals surface area contributed by atoms with Crippen molar-refractivity contribution in [1.29, 1.82) is 0 Å². The zero-order valence-corrected chi connectivity index (χ0v) is 4.55. The third-order valence-electron chi connectivity index (χ3n) is 1.04. The standard InChI is InChI=1S/C5H9NO2/c7-3-5-1-2-6-8-4-5/h1,6-7H,2-4H2. The van der Waals surface area contributed by atoms with Crippen LogP contribution in [0.3, 0.4) is 0 Å². The fraction of sp³-hybridized carbons (Fsp3) is 0.600. The van der Waals surface area contributed by atoms with E-state index in [9.17, 15) is 0 Å². The molecule has 1 aliphatic rings. The summed E-state index contributed by atoms with van der Waals surface area (Å²) in [4.78, 5) is 4.79. The number of hydrogen-bond donors (Lipinski definition) is 2. The first-order valence-electron chi connectivity index (χ1n) is 2.57. The molecule has 8 heavy (non-hydrogen) atoms. The van der Waals surface area contributed by atoms with Crippen molar-refractivity contribution in [2.24, 2.45) is 0 Å². The summed E-state index contributed by atoms with van der Waals surface area (Å²) in [6.45, 7) is 1.33. The lowest BCUT2D eigenvalue weighted by molar-refractivity contribution is 0.0510. The number of rotatable bonds is 1. The van der Waals surface area contributed by atoms with Gasteiger partial charge in [-0.25, -0.2) is 0 Å². The van der Waals surface area contributed by atoms with E-state index >= 15 is 0 Å². The molecule has 1 rings (SSSR count). The maximum absolute atomic E-state index is 8.51. The minimum atomic E-state index is 0.113. The van der Waals surface area contributed by atoms with Gasteiger partial charge in [0.1, 0.15) is 0 Å². The number of hydroxylamine groups is 1. The van der Waals surface area contributed by atoms with Crippen LogP contribution in [-0.4, -0.2) is 24.9 Å². The van der Waals surface area contributed by atoms with Crippen molar-refractivity contribution < 1.29 is 9.94 Å². The zero-order chi connectivity index (χ0) is 5.82. The Morgan fingerprint density at radius 3 is 3.12 bits per heavy atom. The summed E-state index contributed by atoms with van der Waals surface area (Å²) in [5.74, 6) is 0. The summed E-state index contributed by atoms with van der Waals surface area (Å²) in [5, 5.41) is 8.51. The van der Waals surface area contributed by atoms with Crippen molar-refractivity contribution in [2.45, 2.75) is 0 Å². The molecule has 0 aromatic carbocycles. The predicted octanol–water partition coefficient (Wildman–Crippen LogP) is -0.560. The molecule has 0 radical (unpaired) electrons. The molecule has 1 aliphatic heterocycles. The van der Waals surface area contributed by atoms with Crippen LogP contribution in [0.25, 0.3) is 0 Å². The first-order valence-corrected chi connectivity index (χ1v) is 2.57. The quantitative estimate of drug-likeness (QED) is 0.450. The summed E-state index contributed by atoms with van der Waals surface area (Å²) in [6.07, 6.45) is 1.92. The Balaban J connectivity index is 2.37. The van der Waals surface area contributed by atoms with Crippen LogP contribution in [0.2, 0.25) is 0 Å². The Morgan fingerprint density at radius 2 is 2.75 bits per heavy atom. The van der Waals surface area contributed by atoms with E-state index in [0.717, 1.165) is 5.57 Å². The molecule has 0 aromatic rings. The largest absolute Gasteiger partial charge is 0.392 e. The molecule has 3 heteroatoms. The third-order valence-corrected chi connectivity index (χ3v) is 1.04. The maximum atomic E-state index is 8.51. The SMILES string of the molecule is OCC1=CCNOC1. The molecule has 0 saturated heterocycles. The van der Waals surface area contributed by atoms with Gasteiger partial charge in [0, 0.05) is 6.54 Å². The van der Waals surface area contributed by atoms with Crippen molar-refractivity contribution in [2.75, 3.05) is 19.8 Å². The van der Waals surface area contributed by atoms with Crippen molar-refractivity contribution >= 4 is 0 Å². The lowest BCUT2D eigenvalue weighted by Gasteiger charge is -2.10. The van der Waals surface area contributed by atoms with Crippen LogP contribution in [0.1, 0.15) is 0 Å². The molecule has 1 heterocycles. The van der Waals surface area contributed by atoms with Crippen molar-refractivity contribution in [3.63, 3.8) is 0 Å². The van der Waals surface area contributed by atoms with Crippen LogP contribution >= 0.6 is 0 Å². The first kappa shape index (κ1) is 5.75. The van der Waals surface area contributed by atoms with Crippen LogP contribution in [0.15, 0.2) is 11.6 Å². The average Bonchev–Trinajstić information content (AvgIpc) is 1.90. The van der Waals surface area contributed by atoms with E-state index in [1.54, 1.807) is 0 Å². The molecule has 0 fully saturated rings. The van der Waals surface area contributed by atoms with Crippen LogP contribution < -0.4 is 5.48 Å². The normalized spacial score (nSPS) is 20.4. The molecule has 0 saturated carbocycles. The fourth-order valence-corrected chi connectivity index (χ4v) is 0.558. The van der Waals surface area contributed by atoms with E-state index in [-0.39, 0.29) is 6.61 Å². The van der Waals surface area contributed by atoms with Gasteiger partial charge in [0.15, 0.2) is 0 Å². The number of nitrogens with one attached hydrogen (secondary N) is 1. The van der Waals surface area contributed by atoms with Gasteiger partial charge >= 0.3 is 0 Å². The van der Waals surface area contributed by atoms with Crippen LogP contribution in [0, 0.1) is 0 Å². The van der Waals surface area contributed by atoms with E-state index in [4.69, 9.17) is 9.94 Å². The molecule has 3 nitrogen and oxygen atoms in total. The summed E-state index contributed by atoms with van der Waals surface area (Å²) < 4.78 is 0. The highest BCUT2D eigenvalue weighted by Gasteiger charge is 1.99. The molecule has 0 bridgehead atoms. The van der Waals surface area contributed by atoms with Crippen LogP contribution in [0.4, 0.5) is 0 Å². The summed E-state index contributed by atoms with van der Waals surface area (Å²) in [7, 11) is 0. The van der Waals surface area contributed by atoms with E-state index in [0.29, 0.717) is 13.2 Å². The van der Waals surface area contributed by atoms with Crippen molar-refractivity contribution in [3.8, 4) is 0 Å². The monoisotopic (exact) mass is 115 g/mol. The maximum Gasteiger partial charge on any atom is 0.0915 e. The lowest BCUT2D eigenvalue weighted by Crippen LogP contribution is -2.22. The van der Waals surface area contributed by atoms with Gasteiger partial charge in [-0.15, -0.1) is 0 Å². The van der Waals surface area contributed by atoms with Crippen LogP contribution in [-0.2, 0) is 4.84 Å². The Labute approximate surface area is 47.9 Å². The van der Waals surface area contributed by atoms with Gasteiger partial charge in [-0.2, -0.15) is 5.48 Å². The van der Waals surface area contributed by atoms with Gasteiger partial charge in [-0.05, 0) is 5.57 Å². The fourth-order valence-electron chi connectivity index (χ4n) is 0.558. The highest BCUT2D eigenvalue weighted by molar-refractivity contribution is 5.04. The van der Waals surface area contributed by atoms with Gasteiger partial charge in [-0.3, -0.25) is 4.84 Å². The molecule has 0 atom stereocenters. The molecule has 0 unspecified atom stereocenters. The molecule has 0 spiro atoms. The second kappa shape index (κ2) is 2.81. The minimum absolute atomic E-state index is 0.113. The Bertz CT molecular complexity index is 101. The predicted molar refractivity (Wildman–Crippen MR) is 29.1 cm³/mol. The Morgan fingerprint density at radius 1 is 1.88 bits per heavy atom. The zero-order valence-electron chi connectivity index (χ0n) is 4.55. The van der Waals surface area contributed by atoms with E-state index in [1.165, 1.54) is 0 Å². The molecule has 0 amide bonds. The lowest BCUT2D eigenvalue weighted by atomic mass is 10.3. The number of hydrogen-bond acceptors (Lipinski definition) is 3. The second-order valence-electron chi connectivity index (χ2n) is 1.66. The van der Waals surface area contributed by atoms with Crippen LogP contribution in [0.5, 0.6) is 0 Å². The van der Waals surface area contributed by atoms with E-state index < -0.39 is 0 Å². The summed E-state index contributed by atoms with van der Waals surface area (Å²) in [5.41, 5.74) is 3.61. The number of aliphatic hydroxyl groups excluding tert-OH is 1.